The van der Waals surface area contributed by atoms with Crippen molar-refractivity contribution >= 4 is 13.5 Å². The quantitative estimate of drug-likeness (QED) is 0.402. The van der Waals surface area contributed by atoms with Gasteiger partial charge in [0.05, 0.1) is 11.8 Å². The molecule has 0 radical (unpaired) electrons. The van der Waals surface area contributed by atoms with Crippen molar-refractivity contribution < 1.29 is 18.3 Å². The lowest BCUT2D eigenvalue weighted by Crippen LogP contribution is -2.15. The van der Waals surface area contributed by atoms with Gasteiger partial charge in [0, 0.05) is 11.1 Å². The van der Waals surface area contributed by atoms with Crippen LogP contribution >= 0.6 is 13.5 Å². The molecule has 6 heteroatoms. The van der Waals surface area contributed by atoms with Crippen LogP contribution in [-0.2, 0) is 6.18 Å². The van der Waals surface area contributed by atoms with E-state index in [2.05, 4.69) is 11.9 Å². The first-order chi connectivity index (χ1) is 13.3. The summed E-state index contributed by atoms with van der Waals surface area (Å²) < 4.78 is 40.7. The molecule has 0 spiro atoms. The smallest absolute Gasteiger partial charge is 0.388 e. The molecule has 0 aliphatic rings. The Balaban J connectivity index is 0.00000420. The molecule has 1 heterocycles. The number of unbranched alkanes of at least 4 members (excludes halogenated alkanes) is 6. The molecule has 1 aromatic carbocycles. The molecule has 1 atom stereocenters. The molecule has 162 valence electrons. The van der Waals surface area contributed by atoms with E-state index in [9.17, 15) is 18.3 Å². The third-order valence-corrected chi connectivity index (χ3v) is 4.98. The summed E-state index contributed by atoms with van der Waals surface area (Å²) in [6.45, 7) is 4.08. The molecule has 0 aliphatic carbocycles. The van der Waals surface area contributed by atoms with Gasteiger partial charge in [-0.1, -0.05) is 87.8 Å². The maximum absolute atomic E-state index is 13.6. The lowest BCUT2D eigenvalue weighted by molar-refractivity contribution is -0.142. The second kappa shape index (κ2) is 12.2. The van der Waals surface area contributed by atoms with Crippen LogP contribution in [0.3, 0.4) is 0 Å². The number of alkyl halides is 3. The first-order valence-corrected chi connectivity index (χ1v) is 10.2. The maximum atomic E-state index is 13.6. The number of hydrogen-bond acceptors (Lipinski definition) is 2. The molecule has 0 saturated heterocycles. The molecule has 1 N–H and O–H groups in total. The number of aliphatic hydroxyl groups excluding tert-OH is 1. The number of aromatic nitrogens is 1. The van der Waals surface area contributed by atoms with Gasteiger partial charge in [0.15, 0.2) is 5.69 Å². The van der Waals surface area contributed by atoms with Gasteiger partial charge in [-0.2, -0.15) is 26.7 Å². The fourth-order valence-electron chi connectivity index (χ4n) is 3.30. The molecule has 1 aromatic heterocycles. The van der Waals surface area contributed by atoms with Crippen molar-refractivity contribution in [3.63, 3.8) is 0 Å². The van der Waals surface area contributed by atoms with Crippen molar-refractivity contribution in [2.24, 2.45) is 0 Å². The summed E-state index contributed by atoms with van der Waals surface area (Å²) in [4.78, 5) is 3.86. The lowest BCUT2D eigenvalue weighted by atomic mass is 9.99. The summed E-state index contributed by atoms with van der Waals surface area (Å²) in [6.07, 6.45) is 2.02. The lowest BCUT2D eigenvalue weighted by Gasteiger charge is -2.18. The number of aliphatic hydroxyl groups is 1. The Kier molecular flexibility index (Phi) is 10.8. The largest absolute Gasteiger partial charge is 0.433 e. The monoisotopic (exact) mass is 427 g/mol. The predicted octanol–water partition coefficient (Wildman–Crippen LogP) is 7.36. The second-order valence-electron chi connectivity index (χ2n) is 7.42. The minimum absolute atomic E-state index is 0. The average molecular weight is 428 g/mol. The first kappa shape index (κ1) is 25.5. The van der Waals surface area contributed by atoms with E-state index < -0.39 is 18.0 Å². The van der Waals surface area contributed by atoms with E-state index in [0.29, 0.717) is 18.4 Å². The van der Waals surface area contributed by atoms with E-state index in [4.69, 9.17) is 0 Å². The number of benzene rings is 1. The fraction of sp³-hybridized carbons (Fsp3) is 0.522. The molecule has 0 fully saturated rings. The van der Waals surface area contributed by atoms with Gasteiger partial charge in [-0.3, -0.25) is 0 Å². The maximum Gasteiger partial charge on any atom is 0.433 e. The van der Waals surface area contributed by atoms with E-state index in [1.54, 1.807) is 18.2 Å². The molecular weight excluding hydrogens is 395 g/mol. The summed E-state index contributed by atoms with van der Waals surface area (Å²) in [5.74, 6) is 0. The summed E-state index contributed by atoms with van der Waals surface area (Å²) in [7, 11) is 0. The van der Waals surface area contributed by atoms with Crippen LogP contribution in [-0.4, -0.2) is 10.1 Å². The number of nitrogens with zero attached hydrogens (tertiary/aromatic N) is 1. The molecule has 2 rings (SSSR count). The van der Waals surface area contributed by atoms with E-state index >= 15 is 0 Å². The minimum Gasteiger partial charge on any atom is -0.388 e. The molecule has 0 bridgehead atoms. The third kappa shape index (κ3) is 8.01. The van der Waals surface area contributed by atoms with Crippen LogP contribution in [0.25, 0.3) is 11.3 Å². The summed E-state index contributed by atoms with van der Waals surface area (Å²) in [5, 5.41) is 10.4. The molecule has 29 heavy (non-hydrogen) atoms. The zero-order valence-corrected chi connectivity index (χ0v) is 18.2. The number of hydrogen-bond donors (Lipinski definition) is 1. The van der Waals surface area contributed by atoms with E-state index in [1.807, 2.05) is 19.1 Å². The van der Waals surface area contributed by atoms with Crippen LogP contribution in [0.2, 0.25) is 0 Å². The van der Waals surface area contributed by atoms with Gasteiger partial charge < -0.3 is 5.11 Å². The topological polar surface area (TPSA) is 33.1 Å². The Hall–Kier alpha value is -1.53. The van der Waals surface area contributed by atoms with Gasteiger partial charge >= 0.3 is 6.18 Å². The highest BCUT2D eigenvalue weighted by atomic mass is 32.1. The summed E-state index contributed by atoms with van der Waals surface area (Å²) >= 11 is 0. The van der Waals surface area contributed by atoms with Crippen molar-refractivity contribution in [1.82, 2.24) is 4.98 Å². The Labute approximate surface area is 179 Å². The Morgan fingerprint density at radius 3 is 2.07 bits per heavy atom. The molecule has 0 amide bonds. The average Bonchev–Trinajstić information content (AvgIpc) is 2.66. The van der Waals surface area contributed by atoms with Gasteiger partial charge in [-0.05, 0) is 19.4 Å². The molecule has 0 aliphatic heterocycles. The number of halogens is 3. The van der Waals surface area contributed by atoms with Crippen molar-refractivity contribution in [3.8, 4) is 11.3 Å². The SMILES string of the molecule is CCCCCCCCC[C@@H](O)c1ccc(-c2ccc(C)cc2)nc1C(F)(F)F.S. The Bertz CT molecular complexity index is 732. The normalized spacial score (nSPS) is 12.5. The highest BCUT2D eigenvalue weighted by molar-refractivity contribution is 7.59. The van der Waals surface area contributed by atoms with E-state index in [1.165, 1.54) is 25.3 Å². The second-order valence-corrected chi connectivity index (χ2v) is 7.42. The number of rotatable bonds is 10. The van der Waals surface area contributed by atoms with E-state index in [0.717, 1.165) is 24.8 Å². The number of aryl methyl sites for hydroxylation is 1. The molecular formula is C23H32F3NOS. The molecule has 0 saturated carbocycles. The van der Waals surface area contributed by atoms with Crippen molar-refractivity contribution in [3.05, 3.63) is 53.2 Å². The zero-order valence-electron chi connectivity index (χ0n) is 17.2. The van der Waals surface area contributed by atoms with Crippen molar-refractivity contribution in [2.45, 2.75) is 77.5 Å². The Morgan fingerprint density at radius 1 is 0.897 bits per heavy atom. The number of pyridine rings is 1. The van der Waals surface area contributed by atoms with Crippen LogP contribution < -0.4 is 0 Å². The Morgan fingerprint density at radius 2 is 1.48 bits per heavy atom. The van der Waals surface area contributed by atoms with Gasteiger partial charge in [-0.15, -0.1) is 0 Å². The highest BCUT2D eigenvalue weighted by Crippen LogP contribution is 2.36. The van der Waals surface area contributed by atoms with Crippen molar-refractivity contribution in [2.75, 3.05) is 0 Å². The molecule has 2 aromatic rings. The van der Waals surface area contributed by atoms with Gasteiger partial charge in [-0.25, -0.2) is 4.98 Å². The van der Waals surface area contributed by atoms with Crippen LogP contribution in [0.15, 0.2) is 36.4 Å². The van der Waals surface area contributed by atoms with Crippen LogP contribution in [0.4, 0.5) is 13.2 Å². The van der Waals surface area contributed by atoms with Crippen LogP contribution in [0, 0.1) is 6.92 Å². The van der Waals surface area contributed by atoms with Gasteiger partial charge in [0.25, 0.3) is 0 Å². The van der Waals surface area contributed by atoms with Crippen molar-refractivity contribution in [1.29, 1.82) is 0 Å². The molecule has 2 nitrogen and oxygen atoms in total. The summed E-state index contributed by atoms with van der Waals surface area (Å²) in [5.41, 5.74) is 0.806. The molecule has 0 unspecified atom stereocenters. The van der Waals surface area contributed by atoms with Gasteiger partial charge in [0.1, 0.15) is 0 Å². The van der Waals surface area contributed by atoms with E-state index in [-0.39, 0.29) is 24.8 Å². The highest BCUT2D eigenvalue weighted by Gasteiger charge is 2.37. The minimum atomic E-state index is -4.60. The van der Waals surface area contributed by atoms with Crippen LogP contribution in [0.5, 0.6) is 0 Å². The standard InChI is InChI=1S/C23H30F3NO.H2S/c1-3-4-5-6-7-8-9-10-21(28)19-15-16-20(27-22(19)23(24,25)26)18-13-11-17(2)12-14-18;/h11-16,21,28H,3-10H2,1-2H3;1H2/t21-;/m1./s1. The first-order valence-electron chi connectivity index (χ1n) is 10.2. The third-order valence-electron chi connectivity index (χ3n) is 4.98. The van der Waals surface area contributed by atoms with Gasteiger partial charge in [0.2, 0.25) is 0 Å². The summed E-state index contributed by atoms with van der Waals surface area (Å²) in [6, 6.07) is 10.1. The fourth-order valence-corrected chi connectivity index (χ4v) is 3.30. The zero-order chi connectivity index (χ0) is 20.6. The predicted molar refractivity (Wildman–Crippen MR) is 117 cm³/mol. The van der Waals surface area contributed by atoms with Crippen LogP contribution in [0.1, 0.15) is 81.2 Å².